The van der Waals surface area contributed by atoms with Gasteiger partial charge in [0, 0.05) is 12.3 Å². The van der Waals surface area contributed by atoms with Crippen LogP contribution < -0.4 is 11.1 Å². The number of rotatable bonds is 5. The lowest BCUT2D eigenvalue weighted by molar-refractivity contribution is 0.00425. The van der Waals surface area contributed by atoms with Gasteiger partial charge in [-0.15, -0.1) is 0 Å². The highest BCUT2D eigenvalue weighted by Gasteiger charge is 2.17. The minimum Gasteiger partial charge on any atom is -0.396 e. The minimum atomic E-state index is -1.05. The second-order valence-corrected chi connectivity index (χ2v) is 4.08. The molecule has 2 unspecified atom stereocenters. The number of aliphatic hydroxyl groups is 3. The van der Waals surface area contributed by atoms with Crippen LogP contribution in [0.2, 0.25) is 0 Å². The Morgan fingerprint density at radius 2 is 2.12 bits per heavy atom. The van der Waals surface area contributed by atoms with E-state index in [9.17, 15) is 10.2 Å². The van der Waals surface area contributed by atoms with Crippen LogP contribution in [0.3, 0.4) is 0 Å². The van der Waals surface area contributed by atoms with Gasteiger partial charge in [0.15, 0.2) is 5.11 Å². The van der Waals surface area contributed by atoms with Gasteiger partial charge >= 0.3 is 0 Å². The number of anilines is 1. The normalized spacial score (nSPS) is 14.1. The first-order valence-corrected chi connectivity index (χ1v) is 5.59. The highest BCUT2D eigenvalue weighted by molar-refractivity contribution is 7.80. The van der Waals surface area contributed by atoms with Gasteiger partial charge in [0.2, 0.25) is 0 Å². The number of benzene rings is 1. The molecule has 0 heterocycles. The summed E-state index contributed by atoms with van der Waals surface area (Å²) in [7, 11) is 0. The Kier molecular flexibility index (Phi) is 5.30. The fourth-order valence-corrected chi connectivity index (χ4v) is 1.57. The second-order valence-electron chi connectivity index (χ2n) is 3.64. The smallest absolute Gasteiger partial charge is 0.168 e. The van der Waals surface area contributed by atoms with Crippen molar-refractivity contribution in [2.24, 2.45) is 5.73 Å². The highest BCUT2D eigenvalue weighted by Crippen LogP contribution is 2.21. The quantitative estimate of drug-likeness (QED) is 0.480. The molecule has 0 bridgehead atoms. The average Bonchev–Trinajstić information content (AvgIpc) is 2.28. The second kappa shape index (κ2) is 6.51. The van der Waals surface area contributed by atoms with Gasteiger partial charge in [0.1, 0.15) is 6.10 Å². The molecule has 2 atom stereocenters. The number of aliphatic hydroxyl groups excluding tert-OH is 3. The number of nitrogens with two attached hydrogens (primary N) is 1. The molecule has 0 spiro atoms. The molecule has 0 aliphatic heterocycles. The highest BCUT2D eigenvalue weighted by atomic mass is 32.1. The van der Waals surface area contributed by atoms with Crippen molar-refractivity contribution in [1.29, 1.82) is 0 Å². The molecule has 0 aliphatic rings. The maximum atomic E-state index is 9.83. The molecular formula is C11H16N2O3S. The van der Waals surface area contributed by atoms with E-state index in [0.717, 1.165) is 0 Å². The largest absolute Gasteiger partial charge is 0.396 e. The topological polar surface area (TPSA) is 98.7 Å². The molecule has 6 N–H and O–H groups in total. The lowest BCUT2D eigenvalue weighted by Gasteiger charge is -2.18. The Hall–Kier alpha value is -1.21. The van der Waals surface area contributed by atoms with Crippen molar-refractivity contribution in [1.82, 2.24) is 0 Å². The summed E-state index contributed by atoms with van der Waals surface area (Å²) in [6.07, 6.45) is -1.93. The standard InChI is InChI=1S/C11H16N2O3S/c12-11(17)13-8-3-1-2-7(6-8)10(16)9(15)4-5-14/h1-3,6,9-10,14-16H,4-5H2,(H3,12,13,17). The third-order valence-electron chi connectivity index (χ3n) is 2.29. The van der Waals surface area contributed by atoms with Gasteiger partial charge in [-0.2, -0.15) is 0 Å². The Morgan fingerprint density at radius 1 is 1.41 bits per heavy atom. The molecule has 94 valence electrons. The summed E-state index contributed by atoms with van der Waals surface area (Å²) in [6.45, 7) is -0.178. The molecule has 0 saturated carbocycles. The van der Waals surface area contributed by atoms with Gasteiger partial charge in [0.25, 0.3) is 0 Å². The van der Waals surface area contributed by atoms with E-state index in [2.05, 4.69) is 5.32 Å². The van der Waals surface area contributed by atoms with Gasteiger partial charge in [-0.05, 0) is 36.3 Å². The summed E-state index contributed by atoms with van der Waals surface area (Å²) in [5.74, 6) is 0. The average molecular weight is 256 g/mol. The van der Waals surface area contributed by atoms with Gasteiger partial charge < -0.3 is 26.4 Å². The fourth-order valence-electron chi connectivity index (χ4n) is 1.45. The predicted octanol–water partition coefficient (Wildman–Crippen LogP) is 0.119. The van der Waals surface area contributed by atoms with Crippen molar-refractivity contribution in [3.05, 3.63) is 29.8 Å². The summed E-state index contributed by atoms with van der Waals surface area (Å²) < 4.78 is 0. The van der Waals surface area contributed by atoms with E-state index in [-0.39, 0.29) is 18.1 Å². The molecule has 0 amide bonds. The maximum Gasteiger partial charge on any atom is 0.168 e. The third kappa shape index (κ3) is 4.27. The monoisotopic (exact) mass is 256 g/mol. The number of hydrogen-bond donors (Lipinski definition) is 5. The van der Waals surface area contributed by atoms with E-state index in [1.807, 2.05) is 0 Å². The predicted molar refractivity (Wildman–Crippen MR) is 69.5 cm³/mol. The fraction of sp³-hybridized carbons (Fsp3) is 0.364. The van der Waals surface area contributed by atoms with E-state index in [4.69, 9.17) is 23.1 Å². The molecule has 0 aromatic heterocycles. The Bertz CT molecular complexity index is 387. The van der Waals surface area contributed by atoms with E-state index in [1.165, 1.54) is 0 Å². The Balaban J connectivity index is 2.79. The summed E-state index contributed by atoms with van der Waals surface area (Å²) in [4.78, 5) is 0. The van der Waals surface area contributed by atoms with Crippen molar-refractivity contribution in [3.8, 4) is 0 Å². The molecule has 1 rings (SSSR count). The van der Waals surface area contributed by atoms with Crippen LogP contribution in [-0.2, 0) is 0 Å². The van der Waals surface area contributed by atoms with Gasteiger partial charge in [-0.3, -0.25) is 0 Å². The first kappa shape index (κ1) is 13.9. The molecule has 1 aromatic rings. The van der Waals surface area contributed by atoms with E-state index < -0.39 is 12.2 Å². The summed E-state index contributed by atoms with van der Waals surface area (Å²) in [6, 6.07) is 6.78. The molecule has 0 aliphatic carbocycles. The molecular weight excluding hydrogens is 240 g/mol. The lowest BCUT2D eigenvalue weighted by Crippen LogP contribution is -2.21. The van der Waals surface area contributed by atoms with Crippen LogP contribution in [0.5, 0.6) is 0 Å². The summed E-state index contributed by atoms with van der Waals surface area (Å²) >= 11 is 4.70. The Morgan fingerprint density at radius 3 is 2.71 bits per heavy atom. The lowest BCUT2D eigenvalue weighted by atomic mass is 10.0. The summed E-state index contributed by atoms with van der Waals surface area (Å²) in [5.41, 5.74) is 6.51. The van der Waals surface area contributed by atoms with Crippen LogP contribution in [0.1, 0.15) is 18.1 Å². The molecule has 1 aromatic carbocycles. The van der Waals surface area contributed by atoms with Crippen LogP contribution in [0.15, 0.2) is 24.3 Å². The molecule has 0 fully saturated rings. The van der Waals surface area contributed by atoms with Crippen LogP contribution in [0, 0.1) is 0 Å². The molecule has 17 heavy (non-hydrogen) atoms. The van der Waals surface area contributed by atoms with Gasteiger partial charge in [-0.1, -0.05) is 12.1 Å². The number of nitrogens with one attached hydrogen (secondary N) is 1. The van der Waals surface area contributed by atoms with Crippen molar-refractivity contribution in [3.63, 3.8) is 0 Å². The summed E-state index contributed by atoms with van der Waals surface area (Å²) in [5, 5.41) is 30.9. The van der Waals surface area contributed by atoms with Crippen LogP contribution in [0.25, 0.3) is 0 Å². The van der Waals surface area contributed by atoms with Gasteiger partial charge in [0.05, 0.1) is 6.10 Å². The first-order chi connectivity index (χ1) is 8.04. The van der Waals surface area contributed by atoms with Gasteiger partial charge in [-0.25, -0.2) is 0 Å². The first-order valence-electron chi connectivity index (χ1n) is 5.18. The molecule has 5 nitrogen and oxygen atoms in total. The van der Waals surface area contributed by atoms with E-state index >= 15 is 0 Å². The van der Waals surface area contributed by atoms with Crippen LogP contribution in [-0.4, -0.2) is 33.1 Å². The minimum absolute atomic E-state index is 0.119. The number of thiocarbonyl (C=S) groups is 1. The zero-order valence-corrected chi connectivity index (χ0v) is 10.0. The zero-order valence-electron chi connectivity index (χ0n) is 9.21. The zero-order chi connectivity index (χ0) is 12.8. The van der Waals surface area contributed by atoms with E-state index in [1.54, 1.807) is 24.3 Å². The SMILES string of the molecule is NC(=S)Nc1cccc(C(O)C(O)CCO)c1. The molecule has 0 saturated heterocycles. The third-order valence-corrected chi connectivity index (χ3v) is 2.39. The molecule has 6 heteroatoms. The number of hydrogen-bond acceptors (Lipinski definition) is 4. The van der Waals surface area contributed by atoms with Crippen molar-refractivity contribution >= 4 is 23.0 Å². The van der Waals surface area contributed by atoms with E-state index in [0.29, 0.717) is 11.3 Å². The van der Waals surface area contributed by atoms with Crippen molar-refractivity contribution in [2.75, 3.05) is 11.9 Å². The molecule has 0 radical (unpaired) electrons. The van der Waals surface area contributed by atoms with Crippen molar-refractivity contribution in [2.45, 2.75) is 18.6 Å². The van der Waals surface area contributed by atoms with Crippen LogP contribution in [0.4, 0.5) is 5.69 Å². The maximum absolute atomic E-state index is 9.83. The Labute approximate surface area is 105 Å². The van der Waals surface area contributed by atoms with Crippen molar-refractivity contribution < 1.29 is 15.3 Å². The van der Waals surface area contributed by atoms with Crippen LogP contribution >= 0.6 is 12.2 Å².